The van der Waals surface area contributed by atoms with E-state index in [1.54, 1.807) is 13.8 Å². The minimum atomic E-state index is -0.911. The molecule has 2 N–H and O–H groups in total. The zero-order valence-electron chi connectivity index (χ0n) is 15.1. The predicted molar refractivity (Wildman–Crippen MR) is 96.8 cm³/mol. The molecule has 0 aliphatic heterocycles. The lowest BCUT2D eigenvalue weighted by Gasteiger charge is -2.17. The van der Waals surface area contributed by atoms with Crippen LogP contribution in [0.4, 0.5) is 9.59 Å². The van der Waals surface area contributed by atoms with Gasteiger partial charge in [-0.25, -0.2) is 19.2 Å². The number of esters is 2. The molecule has 0 aliphatic rings. The van der Waals surface area contributed by atoms with Gasteiger partial charge in [0.1, 0.15) is 12.1 Å². The standard InChI is InChI=1S/C14H24N2O8S2/c1-5-23-13(19)15-9(11(17)21-3)7-25-26-8-10(12(18)22-4)16-14(20)24-6-2/h9-10H,5-8H2,1-4H3,(H,15,19)(H,16,20)/t9-,10?/m0/s1. The lowest BCUT2D eigenvalue weighted by Crippen LogP contribution is -2.44. The molecule has 150 valence electrons. The summed E-state index contributed by atoms with van der Waals surface area (Å²) in [7, 11) is 4.82. The fourth-order valence-corrected chi connectivity index (χ4v) is 3.78. The Kier molecular flexibility index (Phi) is 13.4. The quantitative estimate of drug-likeness (QED) is 0.219. The van der Waals surface area contributed by atoms with E-state index < -0.39 is 36.2 Å². The zero-order valence-corrected chi connectivity index (χ0v) is 16.7. The summed E-state index contributed by atoms with van der Waals surface area (Å²) in [4.78, 5) is 46.3. The summed E-state index contributed by atoms with van der Waals surface area (Å²) in [5.74, 6) is -0.909. The van der Waals surface area contributed by atoms with Gasteiger partial charge in [-0.05, 0) is 13.8 Å². The van der Waals surface area contributed by atoms with Crippen LogP contribution in [-0.2, 0) is 28.5 Å². The normalized spacial score (nSPS) is 12.3. The first kappa shape index (κ1) is 24.2. The lowest BCUT2D eigenvalue weighted by atomic mass is 10.3. The van der Waals surface area contributed by atoms with Gasteiger partial charge in [-0.15, -0.1) is 0 Å². The van der Waals surface area contributed by atoms with Crippen LogP contribution < -0.4 is 10.6 Å². The SMILES string of the molecule is CCOC(=O)NC(CSSC[C@H](NC(=O)OCC)C(=O)OC)C(=O)OC. The summed E-state index contributed by atoms with van der Waals surface area (Å²) >= 11 is 0. The summed E-state index contributed by atoms with van der Waals surface area (Å²) in [6.07, 6.45) is -1.46. The van der Waals surface area contributed by atoms with E-state index in [0.717, 1.165) is 0 Å². The molecule has 0 rings (SSSR count). The van der Waals surface area contributed by atoms with Gasteiger partial charge in [0.2, 0.25) is 0 Å². The Morgan fingerprint density at radius 3 is 1.38 bits per heavy atom. The molecule has 0 aromatic carbocycles. The van der Waals surface area contributed by atoms with E-state index in [-0.39, 0.29) is 24.7 Å². The summed E-state index contributed by atoms with van der Waals surface area (Å²) < 4.78 is 18.7. The van der Waals surface area contributed by atoms with Crippen molar-refractivity contribution < 1.29 is 38.1 Å². The molecule has 0 bridgehead atoms. The van der Waals surface area contributed by atoms with Gasteiger partial charge in [0, 0.05) is 11.5 Å². The van der Waals surface area contributed by atoms with Gasteiger partial charge in [-0.1, -0.05) is 21.6 Å². The van der Waals surface area contributed by atoms with E-state index in [1.807, 2.05) is 0 Å². The second-order valence-corrected chi connectivity index (χ2v) is 7.00. The maximum Gasteiger partial charge on any atom is 0.407 e. The fraction of sp³-hybridized carbons (Fsp3) is 0.714. The first-order valence-electron chi connectivity index (χ1n) is 7.66. The van der Waals surface area contributed by atoms with Crippen LogP contribution >= 0.6 is 21.6 Å². The second kappa shape index (κ2) is 14.4. The number of alkyl carbamates (subject to hydrolysis) is 2. The Hall–Kier alpha value is -1.82. The Morgan fingerprint density at radius 2 is 1.12 bits per heavy atom. The molecule has 0 fully saturated rings. The molecular weight excluding hydrogens is 388 g/mol. The van der Waals surface area contributed by atoms with E-state index in [0.29, 0.717) is 0 Å². The molecule has 0 radical (unpaired) electrons. The molecule has 0 aliphatic carbocycles. The maximum atomic E-state index is 11.7. The van der Waals surface area contributed by atoms with Crippen molar-refractivity contribution in [2.24, 2.45) is 0 Å². The van der Waals surface area contributed by atoms with Crippen molar-refractivity contribution in [3.05, 3.63) is 0 Å². The van der Waals surface area contributed by atoms with Crippen LogP contribution in [-0.4, -0.2) is 75.1 Å². The van der Waals surface area contributed by atoms with Crippen molar-refractivity contribution in [2.75, 3.05) is 38.9 Å². The van der Waals surface area contributed by atoms with Crippen molar-refractivity contribution in [3.8, 4) is 0 Å². The molecule has 0 aromatic rings. The smallest absolute Gasteiger partial charge is 0.407 e. The zero-order chi connectivity index (χ0) is 19.9. The van der Waals surface area contributed by atoms with Crippen molar-refractivity contribution in [1.82, 2.24) is 10.6 Å². The molecule has 0 spiro atoms. The molecule has 0 saturated carbocycles. The molecule has 26 heavy (non-hydrogen) atoms. The third-order valence-corrected chi connectivity index (χ3v) is 5.08. The van der Waals surface area contributed by atoms with Crippen LogP contribution in [0.1, 0.15) is 13.8 Å². The summed E-state index contributed by atoms with van der Waals surface area (Å²) in [6, 6.07) is -1.82. The topological polar surface area (TPSA) is 129 Å². The number of hydrogen-bond acceptors (Lipinski definition) is 10. The minimum Gasteiger partial charge on any atom is -0.467 e. The van der Waals surface area contributed by atoms with Crippen LogP contribution in [0.3, 0.4) is 0 Å². The van der Waals surface area contributed by atoms with Crippen LogP contribution in [0.2, 0.25) is 0 Å². The van der Waals surface area contributed by atoms with Crippen LogP contribution in [0.25, 0.3) is 0 Å². The van der Waals surface area contributed by atoms with Gasteiger partial charge in [0.15, 0.2) is 0 Å². The number of carbonyl (C=O) groups is 4. The highest BCUT2D eigenvalue weighted by atomic mass is 33.1. The molecule has 0 aromatic heterocycles. The third-order valence-electron chi connectivity index (χ3n) is 2.66. The van der Waals surface area contributed by atoms with E-state index >= 15 is 0 Å². The number of ether oxygens (including phenoxy) is 4. The number of carbonyl (C=O) groups excluding carboxylic acids is 4. The van der Waals surface area contributed by atoms with Crippen LogP contribution in [0, 0.1) is 0 Å². The molecule has 10 nitrogen and oxygen atoms in total. The van der Waals surface area contributed by atoms with Crippen molar-refractivity contribution in [1.29, 1.82) is 0 Å². The fourth-order valence-electron chi connectivity index (χ4n) is 1.48. The molecular formula is C14H24N2O8S2. The molecule has 0 saturated heterocycles. The lowest BCUT2D eigenvalue weighted by molar-refractivity contribution is -0.143. The second-order valence-electron chi connectivity index (χ2n) is 4.45. The first-order valence-corrected chi connectivity index (χ1v) is 10.1. The summed E-state index contributed by atoms with van der Waals surface area (Å²) in [5.41, 5.74) is 0. The van der Waals surface area contributed by atoms with Gasteiger partial charge in [0.05, 0.1) is 27.4 Å². The maximum absolute atomic E-state index is 11.7. The number of amides is 2. The number of nitrogens with one attached hydrogen (secondary N) is 2. The Labute approximate surface area is 159 Å². The molecule has 2 amide bonds. The van der Waals surface area contributed by atoms with Gasteiger partial charge in [-0.2, -0.15) is 0 Å². The van der Waals surface area contributed by atoms with Gasteiger partial charge < -0.3 is 29.6 Å². The molecule has 2 atom stereocenters. The van der Waals surface area contributed by atoms with Gasteiger partial charge in [-0.3, -0.25) is 0 Å². The largest absolute Gasteiger partial charge is 0.467 e. The van der Waals surface area contributed by atoms with Crippen LogP contribution in [0.5, 0.6) is 0 Å². The average Bonchev–Trinajstić information content (AvgIpc) is 2.62. The summed E-state index contributed by atoms with van der Waals surface area (Å²) in [6.45, 7) is 3.62. The minimum absolute atomic E-state index is 0.169. The van der Waals surface area contributed by atoms with E-state index in [4.69, 9.17) is 9.47 Å². The molecule has 1 unspecified atom stereocenters. The van der Waals surface area contributed by atoms with Gasteiger partial charge >= 0.3 is 24.1 Å². The highest BCUT2D eigenvalue weighted by Crippen LogP contribution is 2.23. The third kappa shape index (κ3) is 10.2. The van der Waals surface area contributed by atoms with Crippen molar-refractivity contribution >= 4 is 45.7 Å². The highest BCUT2D eigenvalue weighted by Gasteiger charge is 2.25. The Balaban J connectivity index is 4.51. The van der Waals surface area contributed by atoms with Crippen molar-refractivity contribution in [3.63, 3.8) is 0 Å². The number of methoxy groups -OCH3 is 2. The van der Waals surface area contributed by atoms with Crippen molar-refractivity contribution in [2.45, 2.75) is 25.9 Å². The highest BCUT2D eigenvalue weighted by molar-refractivity contribution is 8.76. The van der Waals surface area contributed by atoms with E-state index in [1.165, 1.54) is 35.8 Å². The molecule has 12 heteroatoms. The van der Waals surface area contributed by atoms with Gasteiger partial charge in [0.25, 0.3) is 0 Å². The molecule has 0 heterocycles. The predicted octanol–water partition coefficient (Wildman–Crippen LogP) is 0.943. The monoisotopic (exact) mass is 412 g/mol. The number of hydrogen-bond donors (Lipinski definition) is 2. The Bertz CT molecular complexity index is 436. The Morgan fingerprint density at radius 1 is 0.769 bits per heavy atom. The first-order chi connectivity index (χ1) is 12.4. The van der Waals surface area contributed by atoms with Crippen LogP contribution in [0.15, 0.2) is 0 Å². The van der Waals surface area contributed by atoms with E-state index in [2.05, 4.69) is 20.1 Å². The summed E-state index contributed by atoms with van der Waals surface area (Å²) in [5, 5.41) is 4.78. The average molecular weight is 412 g/mol. The van der Waals surface area contributed by atoms with E-state index in [9.17, 15) is 19.2 Å². The number of rotatable bonds is 11.